The first-order chi connectivity index (χ1) is 12.0. The van der Waals surface area contributed by atoms with Crippen molar-refractivity contribution in [2.45, 2.75) is 17.4 Å². The zero-order valence-electron chi connectivity index (χ0n) is 13.3. The molecule has 3 heterocycles. The molecule has 0 spiro atoms. The fraction of sp³-hybridized carbons (Fsp3) is 0.353. The van der Waals surface area contributed by atoms with Gasteiger partial charge in [0.15, 0.2) is 0 Å². The van der Waals surface area contributed by atoms with Crippen LogP contribution in [0.1, 0.15) is 6.42 Å². The number of halogens is 2. The van der Waals surface area contributed by atoms with Gasteiger partial charge in [0.2, 0.25) is 10.0 Å². The Morgan fingerprint density at radius 2 is 1.96 bits per heavy atom. The number of rotatable bonds is 3. The van der Waals surface area contributed by atoms with Crippen molar-refractivity contribution in [3.8, 4) is 0 Å². The second-order valence-corrected chi connectivity index (χ2v) is 8.67. The maximum atomic E-state index is 13.1. The number of nitrogens with zero attached hydrogens (tertiary/aromatic N) is 3. The summed E-state index contributed by atoms with van der Waals surface area (Å²) in [6.45, 7) is 1.76. The Morgan fingerprint density at radius 3 is 2.68 bits per heavy atom. The average Bonchev–Trinajstić information content (AvgIpc) is 3.16. The van der Waals surface area contributed by atoms with Crippen LogP contribution in [0.15, 0.2) is 47.5 Å². The van der Waals surface area contributed by atoms with Gasteiger partial charge < -0.3 is 4.90 Å². The summed E-state index contributed by atoms with van der Waals surface area (Å²) in [5.74, 6) is 0.529. The highest BCUT2D eigenvalue weighted by Crippen LogP contribution is 2.38. The van der Waals surface area contributed by atoms with E-state index in [2.05, 4.69) is 4.98 Å². The summed E-state index contributed by atoms with van der Waals surface area (Å²) in [4.78, 5) is 6.27. The molecule has 0 saturated carbocycles. The molecule has 0 radical (unpaired) electrons. The summed E-state index contributed by atoms with van der Waals surface area (Å²) >= 11 is 6.11. The molecule has 0 N–H and O–H groups in total. The van der Waals surface area contributed by atoms with Crippen LogP contribution in [0.4, 0.5) is 10.2 Å². The molecule has 0 aliphatic carbocycles. The Bertz CT molecular complexity index is 891. The highest BCUT2D eigenvalue weighted by atomic mass is 35.5. The van der Waals surface area contributed by atoms with Crippen molar-refractivity contribution < 1.29 is 12.8 Å². The van der Waals surface area contributed by atoms with Crippen LogP contribution in [-0.4, -0.2) is 43.4 Å². The topological polar surface area (TPSA) is 53.5 Å². The van der Waals surface area contributed by atoms with Gasteiger partial charge in [-0.1, -0.05) is 23.7 Å². The van der Waals surface area contributed by atoms with Crippen LogP contribution < -0.4 is 4.90 Å². The second kappa shape index (κ2) is 6.23. The zero-order valence-corrected chi connectivity index (χ0v) is 14.9. The van der Waals surface area contributed by atoms with Crippen molar-refractivity contribution in [3.05, 3.63) is 53.4 Å². The fourth-order valence-corrected chi connectivity index (χ4v) is 5.93. The van der Waals surface area contributed by atoms with E-state index in [9.17, 15) is 12.8 Å². The number of benzene rings is 1. The third-order valence-corrected chi connectivity index (χ3v) is 7.38. The smallest absolute Gasteiger partial charge is 0.244 e. The van der Waals surface area contributed by atoms with Gasteiger partial charge in [-0.3, -0.25) is 0 Å². The van der Waals surface area contributed by atoms with Crippen molar-refractivity contribution in [2.24, 2.45) is 5.92 Å². The SMILES string of the molecule is O=S(=O)(c1ccccc1Cl)N1CCC2CN(c3ccc(F)cn3)CC21. The Kier molecular flexibility index (Phi) is 4.17. The highest BCUT2D eigenvalue weighted by molar-refractivity contribution is 7.89. The maximum Gasteiger partial charge on any atom is 0.244 e. The summed E-state index contributed by atoms with van der Waals surface area (Å²) < 4.78 is 40.7. The lowest BCUT2D eigenvalue weighted by Gasteiger charge is -2.25. The lowest BCUT2D eigenvalue weighted by Crippen LogP contribution is -2.39. The molecule has 2 unspecified atom stereocenters. The van der Waals surface area contributed by atoms with Crippen LogP contribution in [0.2, 0.25) is 5.02 Å². The average molecular weight is 382 g/mol. The second-order valence-electron chi connectivity index (χ2n) is 6.40. The van der Waals surface area contributed by atoms with Gasteiger partial charge >= 0.3 is 0 Å². The predicted octanol–water partition coefficient (Wildman–Crippen LogP) is 2.77. The van der Waals surface area contributed by atoms with Crippen LogP contribution in [0.5, 0.6) is 0 Å². The maximum absolute atomic E-state index is 13.1. The minimum absolute atomic E-state index is 0.117. The molecule has 132 valence electrons. The summed E-state index contributed by atoms with van der Waals surface area (Å²) in [5, 5.41) is 0.237. The first-order valence-electron chi connectivity index (χ1n) is 8.10. The van der Waals surface area contributed by atoms with Gasteiger partial charge in [0, 0.05) is 25.7 Å². The van der Waals surface area contributed by atoms with Crippen molar-refractivity contribution in [1.82, 2.24) is 9.29 Å². The van der Waals surface area contributed by atoms with E-state index < -0.39 is 10.0 Å². The number of pyridine rings is 1. The van der Waals surface area contributed by atoms with E-state index in [0.29, 0.717) is 18.9 Å². The van der Waals surface area contributed by atoms with Crippen LogP contribution in [0, 0.1) is 11.7 Å². The van der Waals surface area contributed by atoms with E-state index >= 15 is 0 Å². The monoisotopic (exact) mass is 381 g/mol. The zero-order chi connectivity index (χ0) is 17.6. The first-order valence-corrected chi connectivity index (χ1v) is 9.91. The number of aromatic nitrogens is 1. The Balaban J connectivity index is 1.60. The lowest BCUT2D eigenvalue weighted by atomic mass is 10.1. The third-order valence-electron chi connectivity index (χ3n) is 4.96. The first kappa shape index (κ1) is 16.8. The molecule has 2 aromatic rings. The van der Waals surface area contributed by atoms with Crippen LogP contribution >= 0.6 is 11.6 Å². The Labute approximate surface area is 151 Å². The number of fused-ring (bicyclic) bond motifs is 1. The third kappa shape index (κ3) is 2.90. The molecule has 2 fully saturated rings. The minimum atomic E-state index is -3.64. The summed E-state index contributed by atoms with van der Waals surface area (Å²) in [6.07, 6.45) is 1.98. The summed E-state index contributed by atoms with van der Waals surface area (Å²) in [6, 6.07) is 9.40. The van der Waals surface area contributed by atoms with Gasteiger partial charge in [-0.2, -0.15) is 4.31 Å². The number of hydrogen-bond donors (Lipinski definition) is 0. The number of anilines is 1. The van der Waals surface area contributed by atoms with Gasteiger partial charge in [-0.25, -0.2) is 17.8 Å². The molecule has 0 amide bonds. The van der Waals surface area contributed by atoms with E-state index in [1.165, 1.54) is 12.3 Å². The van der Waals surface area contributed by atoms with Crippen molar-refractivity contribution in [2.75, 3.05) is 24.5 Å². The summed E-state index contributed by atoms with van der Waals surface area (Å²) in [5.41, 5.74) is 0. The molecule has 4 rings (SSSR count). The molecular formula is C17H17ClFN3O2S. The number of sulfonamides is 1. The van der Waals surface area contributed by atoms with E-state index in [0.717, 1.165) is 13.0 Å². The fourth-order valence-electron chi connectivity index (χ4n) is 3.74. The standard InChI is InChI=1S/C17H17ClFN3O2S/c18-14-3-1-2-4-16(14)25(23,24)22-8-7-12-10-21(11-15(12)22)17-6-5-13(19)9-20-17/h1-6,9,12,15H,7-8,10-11H2. The van der Waals surface area contributed by atoms with Crippen LogP contribution in [0.25, 0.3) is 0 Å². The van der Waals surface area contributed by atoms with Gasteiger partial charge in [0.25, 0.3) is 0 Å². The van der Waals surface area contributed by atoms with Crippen LogP contribution in [0.3, 0.4) is 0 Å². The van der Waals surface area contributed by atoms with Crippen molar-refractivity contribution in [3.63, 3.8) is 0 Å². The van der Waals surface area contributed by atoms with E-state index in [4.69, 9.17) is 11.6 Å². The largest absolute Gasteiger partial charge is 0.355 e. The predicted molar refractivity (Wildman–Crippen MR) is 93.6 cm³/mol. The van der Waals surface area contributed by atoms with Crippen molar-refractivity contribution in [1.29, 1.82) is 0 Å². The van der Waals surface area contributed by atoms with Gasteiger partial charge in [-0.05, 0) is 36.6 Å². The molecule has 1 aromatic carbocycles. The molecule has 2 saturated heterocycles. The van der Waals surface area contributed by atoms with Gasteiger partial charge in [-0.15, -0.1) is 0 Å². The van der Waals surface area contributed by atoms with Gasteiger partial charge in [0.05, 0.1) is 11.2 Å². The van der Waals surface area contributed by atoms with E-state index in [1.807, 2.05) is 4.90 Å². The lowest BCUT2D eigenvalue weighted by molar-refractivity contribution is 0.384. The summed E-state index contributed by atoms with van der Waals surface area (Å²) in [7, 11) is -3.64. The molecule has 1 aromatic heterocycles. The molecule has 5 nitrogen and oxygen atoms in total. The molecule has 0 bridgehead atoms. The highest BCUT2D eigenvalue weighted by Gasteiger charge is 2.47. The molecule has 2 aliphatic rings. The number of hydrogen-bond acceptors (Lipinski definition) is 4. The normalized spacial score (nSPS) is 23.8. The Hall–Kier alpha value is -1.70. The molecule has 2 atom stereocenters. The molecular weight excluding hydrogens is 365 g/mol. The molecule has 25 heavy (non-hydrogen) atoms. The Morgan fingerprint density at radius 1 is 1.16 bits per heavy atom. The molecule has 8 heteroatoms. The van der Waals surface area contributed by atoms with Gasteiger partial charge in [0.1, 0.15) is 16.5 Å². The quantitative estimate of drug-likeness (QED) is 0.820. The van der Waals surface area contributed by atoms with E-state index in [-0.39, 0.29) is 27.7 Å². The molecule has 2 aliphatic heterocycles. The van der Waals surface area contributed by atoms with Crippen LogP contribution in [-0.2, 0) is 10.0 Å². The van der Waals surface area contributed by atoms with E-state index in [1.54, 1.807) is 34.6 Å². The van der Waals surface area contributed by atoms with Crippen molar-refractivity contribution >= 4 is 27.4 Å². The minimum Gasteiger partial charge on any atom is -0.355 e.